The van der Waals surface area contributed by atoms with Crippen molar-refractivity contribution in [2.75, 3.05) is 32.8 Å². The molecule has 1 aromatic rings. The summed E-state index contributed by atoms with van der Waals surface area (Å²) >= 11 is 0. The van der Waals surface area contributed by atoms with Gasteiger partial charge in [0, 0.05) is 12.6 Å². The quantitative estimate of drug-likeness (QED) is 0.885. The van der Waals surface area contributed by atoms with Gasteiger partial charge in [-0.3, -0.25) is 4.90 Å². The number of likely N-dealkylation sites (N-methyl/N-ethyl adjacent to an activating group) is 1. The molecule has 18 heavy (non-hydrogen) atoms. The average Bonchev–Trinajstić information content (AvgIpc) is 2.64. The van der Waals surface area contributed by atoms with Crippen LogP contribution < -0.4 is 10.1 Å². The first-order chi connectivity index (χ1) is 8.85. The van der Waals surface area contributed by atoms with Crippen LogP contribution >= 0.6 is 0 Å². The van der Waals surface area contributed by atoms with Gasteiger partial charge >= 0.3 is 0 Å². The fourth-order valence-corrected chi connectivity index (χ4v) is 2.62. The van der Waals surface area contributed by atoms with Crippen LogP contribution in [0.25, 0.3) is 0 Å². The van der Waals surface area contributed by atoms with Crippen molar-refractivity contribution < 1.29 is 4.74 Å². The van der Waals surface area contributed by atoms with E-state index in [9.17, 15) is 0 Å². The number of ether oxygens (including phenoxy) is 1. The van der Waals surface area contributed by atoms with Gasteiger partial charge in [0.05, 0.1) is 6.61 Å². The Morgan fingerprint density at radius 3 is 3.06 bits per heavy atom. The number of hydrogen-bond acceptors (Lipinski definition) is 3. The lowest BCUT2D eigenvalue weighted by atomic mass is 10.0. The van der Waals surface area contributed by atoms with Gasteiger partial charge in [-0.2, -0.15) is 0 Å². The zero-order valence-corrected chi connectivity index (χ0v) is 11.5. The standard InChI is InChI=1S/C15H24N2O/c1-3-17-10-6-9-16-12-15(17)13-7-5-8-14(11-13)18-4-2/h5,7-8,11,15-16H,3-4,6,9-10,12H2,1-2H3. The third-order valence-electron chi connectivity index (χ3n) is 3.54. The van der Waals surface area contributed by atoms with E-state index in [0.717, 1.165) is 32.0 Å². The number of hydrogen-bond donors (Lipinski definition) is 1. The van der Waals surface area contributed by atoms with Crippen molar-refractivity contribution >= 4 is 0 Å². The minimum absolute atomic E-state index is 0.470. The van der Waals surface area contributed by atoms with Gasteiger partial charge < -0.3 is 10.1 Å². The second-order valence-corrected chi connectivity index (χ2v) is 4.71. The lowest BCUT2D eigenvalue weighted by Gasteiger charge is -2.29. The molecule has 1 fully saturated rings. The van der Waals surface area contributed by atoms with Gasteiger partial charge in [-0.25, -0.2) is 0 Å². The van der Waals surface area contributed by atoms with Gasteiger partial charge in [-0.05, 0) is 50.7 Å². The Balaban J connectivity index is 2.18. The zero-order valence-electron chi connectivity index (χ0n) is 11.5. The first-order valence-electron chi connectivity index (χ1n) is 7.02. The maximum atomic E-state index is 5.60. The molecule has 1 aliphatic heterocycles. The molecular weight excluding hydrogens is 224 g/mol. The van der Waals surface area contributed by atoms with E-state index in [1.807, 2.05) is 13.0 Å². The molecule has 1 unspecified atom stereocenters. The molecule has 1 aromatic carbocycles. The summed E-state index contributed by atoms with van der Waals surface area (Å²) in [5.41, 5.74) is 1.36. The first kappa shape index (κ1) is 13.4. The van der Waals surface area contributed by atoms with Crippen LogP contribution in [0, 0.1) is 0 Å². The van der Waals surface area contributed by atoms with E-state index >= 15 is 0 Å². The Hall–Kier alpha value is -1.06. The molecule has 2 rings (SSSR count). The normalized spacial score (nSPS) is 21.6. The van der Waals surface area contributed by atoms with E-state index in [2.05, 4.69) is 35.3 Å². The Bertz CT molecular complexity index is 367. The van der Waals surface area contributed by atoms with Crippen LogP contribution in [0.4, 0.5) is 0 Å². The van der Waals surface area contributed by atoms with Crippen molar-refractivity contribution in [3.05, 3.63) is 29.8 Å². The van der Waals surface area contributed by atoms with Crippen molar-refractivity contribution in [3.8, 4) is 5.75 Å². The number of rotatable bonds is 4. The smallest absolute Gasteiger partial charge is 0.119 e. The highest BCUT2D eigenvalue weighted by molar-refractivity contribution is 5.31. The van der Waals surface area contributed by atoms with E-state index in [0.29, 0.717) is 6.04 Å². The van der Waals surface area contributed by atoms with Gasteiger partial charge in [-0.15, -0.1) is 0 Å². The molecule has 1 atom stereocenters. The Morgan fingerprint density at radius 1 is 1.39 bits per heavy atom. The molecule has 0 radical (unpaired) electrons. The molecule has 100 valence electrons. The summed E-state index contributed by atoms with van der Waals surface area (Å²) in [6, 6.07) is 9.00. The van der Waals surface area contributed by atoms with Crippen LogP contribution in [0.5, 0.6) is 5.75 Å². The highest BCUT2D eigenvalue weighted by Crippen LogP contribution is 2.25. The Morgan fingerprint density at radius 2 is 2.28 bits per heavy atom. The molecule has 1 N–H and O–H groups in total. The lowest BCUT2D eigenvalue weighted by Crippen LogP contribution is -2.32. The second kappa shape index (κ2) is 6.76. The SMILES string of the molecule is CCOc1cccc(C2CNCCCN2CC)c1. The molecular formula is C15H24N2O. The predicted octanol–water partition coefficient (Wildman–Crippen LogP) is 2.44. The summed E-state index contributed by atoms with van der Waals surface area (Å²) in [5.74, 6) is 0.982. The first-order valence-corrected chi connectivity index (χ1v) is 7.02. The predicted molar refractivity (Wildman–Crippen MR) is 75.1 cm³/mol. The number of nitrogens with zero attached hydrogens (tertiary/aromatic N) is 1. The molecule has 1 heterocycles. The van der Waals surface area contributed by atoms with E-state index in [1.165, 1.54) is 18.5 Å². The van der Waals surface area contributed by atoms with Crippen LogP contribution in [0.15, 0.2) is 24.3 Å². The number of nitrogens with one attached hydrogen (secondary N) is 1. The van der Waals surface area contributed by atoms with Gasteiger partial charge in [-0.1, -0.05) is 19.1 Å². The fourth-order valence-electron chi connectivity index (χ4n) is 2.62. The van der Waals surface area contributed by atoms with Gasteiger partial charge in [0.15, 0.2) is 0 Å². The Kier molecular flexibility index (Phi) is 5.02. The highest BCUT2D eigenvalue weighted by atomic mass is 16.5. The van der Waals surface area contributed by atoms with E-state index in [1.54, 1.807) is 0 Å². The third-order valence-corrected chi connectivity index (χ3v) is 3.54. The van der Waals surface area contributed by atoms with Gasteiger partial charge in [0.25, 0.3) is 0 Å². The minimum Gasteiger partial charge on any atom is -0.494 e. The van der Waals surface area contributed by atoms with Crippen LogP contribution in [0.2, 0.25) is 0 Å². The topological polar surface area (TPSA) is 24.5 Å². The lowest BCUT2D eigenvalue weighted by molar-refractivity contribution is 0.221. The molecule has 0 aliphatic carbocycles. The van der Waals surface area contributed by atoms with E-state index < -0.39 is 0 Å². The molecule has 0 aromatic heterocycles. The molecule has 3 nitrogen and oxygen atoms in total. The van der Waals surface area contributed by atoms with Crippen LogP contribution in [0.3, 0.4) is 0 Å². The van der Waals surface area contributed by atoms with Crippen molar-refractivity contribution in [3.63, 3.8) is 0 Å². The molecule has 3 heteroatoms. The van der Waals surface area contributed by atoms with Crippen molar-refractivity contribution in [2.24, 2.45) is 0 Å². The second-order valence-electron chi connectivity index (χ2n) is 4.71. The third kappa shape index (κ3) is 3.24. The molecule has 1 aliphatic rings. The maximum absolute atomic E-state index is 5.60. The minimum atomic E-state index is 0.470. The van der Waals surface area contributed by atoms with Crippen LogP contribution in [0.1, 0.15) is 31.9 Å². The largest absolute Gasteiger partial charge is 0.494 e. The summed E-state index contributed by atoms with van der Waals surface area (Å²) in [7, 11) is 0. The summed E-state index contributed by atoms with van der Waals surface area (Å²) in [4.78, 5) is 2.55. The molecule has 0 saturated carbocycles. The maximum Gasteiger partial charge on any atom is 0.119 e. The fraction of sp³-hybridized carbons (Fsp3) is 0.600. The van der Waals surface area contributed by atoms with Gasteiger partial charge in [0.2, 0.25) is 0 Å². The van der Waals surface area contributed by atoms with Crippen molar-refractivity contribution in [2.45, 2.75) is 26.3 Å². The van der Waals surface area contributed by atoms with Crippen molar-refractivity contribution in [1.29, 1.82) is 0 Å². The Labute approximate surface area is 110 Å². The summed E-state index contributed by atoms with van der Waals surface area (Å²) in [6.45, 7) is 9.42. The van der Waals surface area contributed by atoms with Crippen LogP contribution in [-0.4, -0.2) is 37.7 Å². The van der Waals surface area contributed by atoms with Crippen LogP contribution in [-0.2, 0) is 0 Å². The molecule has 0 amide bonds. The summed E-state index contributed by atoms with van der Waals surface area (Å²) in [6.07, 6.45) is 1.23. The van der Waals surface area contributed by atoms with Gasteiger partial charge in [0.1, 0.15) is 5.75 Å². The monoisotopic (exact) mass is 248 g/mol. The highest BCUT2D eigenvalue weighted by Gasteiger charge is 2.21. The van der Waals surface area contributed by atoms with E-state index in [4.69, 9.17) is 4.74 Å². The van der Waals surface area contributed by atoms with E-state index in [-0.39, 0.29) is 0 Å². The average molecular weight is 248 g/mol. The van der Waals surface area contributed by atoms with Crippen molar-refractivity contribution in [1.82, 2.24) is 10.2 Å². The summed E-state index contributed by atoms with van der Waals surface area (Å²) < 4.78 is 5.60. The zero-order chi connectivity index (χ0) is 12.8. The summed E-state index contributed by atoms with van der Waals surface area (Å²) in [5, 5.41) is 3.53. The molecule has 0 spiro atoms. The number of benzene rings is 1. The molecule has 0 bridgehead atoms. The molecule has 1 saturated heterocycles.